The second kappa shape index (κ2) is 8.89. The van der Waals surface area contributed by atoms with E-state index in [9.17, 15) is 4.79 Å². The zero-order valence-corrected chi connectivity index (χ0v) is 16.5. The van der Waals surface area contributed by atoms with Crippen LogP contribution in [-0.2, 0) is 6.54 Å². The summed E-state index contributed by atoms with van der Waals surface area (Å²) in [5.74, 6) is 2.38. The number of nitrogens with zero attached hydrogens (tertiary/aromatic N) is 2. The van der Waals surface area contributed by atoms with Gasteiger partial charge in [-0.15, -0.1) is 0 Å². The van der Waals surface area contributed by atoms with Crippen LogP contribution in [-0.4, -0.2) is 35.2 Å². The molecule has 0 spiro atoms. The molecule has 0 radical (unpaired) electrons. The standard InChI is InChI=1S/C22H24N4OS/c27-22(24-19-4-3-5-21(16-19)25-10-1-2-11-25)23-17-18-6-8-20(9-7-18)26-12-14-28-15-13-26/h1-11,16H,12-15,17H2,(H2,23,24,27). The molecule has 0 saturated carbocycles. The lowest BCUT2D eigenvalue weighted by molar-refractivity contribution is 0.251. The molecule has 4 rings (SSSR count). The molecule has 1 fully saturated rings. The fourth-order valence-corrected chi connectivity index (χ4v) is 4.16. The number of hydrogen-bond acceptors (Lipinski definition) is 3. The highest BCUT2D eigenvalue weighted by molar-refractivity contribution is 7.99. The van der Waals surface area contributed by atoms with Crippen molar-refractivity contribution in [1.29, 1.82) is 0 Å². The highest BCUT2D eigenvalue weighted by Crippen LogP contribution is 2.20. The number of carbonyl (C=O) groups excluding carboxylic acids is 1. The molecule has 3 aromatic rings. The van der Waals surface area contributed by atoms with E-state index in [-0.39, 0.29) is 6.03 Å². The lowest BCUT2D eigenvalue weighted by atomic mass is 10.2. The van der Waals surface area contributed by atoms with Gasteiger partial charge in [0.2, 0.25) is 0 Å². The van der Waals surface area contributed by atoms with Crippen LogP contribution in [0.5, 0.6) is 0 Å². The molecule has 1 saturated heterocycles. The minimum absolute atomic E-state index is 0.207. The minimum Gasteiger partial charge on any atom is -0.370 e. The van der Waals surface area contributed by atoms with Crippen LogP contribution in [0.15, 0.2) is 73.1 Å². The Morgan fingerprint density at radius 1 is 0.929 bits per heavy atom. The minimum atomic E-state index is -0.207. The number of urea groups is 1. The first-order valence-corrected chi connectivity index (χ1v) is 10.6. The number of aromatic nitrogens is 1. The first-order valence-electron chi connectivity index (χ1n) is 9.48. The van der Waals surface area contributed by atoms with Crippen molar-refractivity contribution in [3.8, 4) is 5.69 Å². The van der Waals surface area contributed by atoms with Gasteiger partial charge in [0.25, 0.3) is 0 Å². The van der Waals surface area contributed by atoms with Crippen LogP contribution < -0.4 is 15.5 Å². The monoisotopic (exact) mass is 392 g/mol. The normalized spacial score (nSPS) is 13.9. The second-order valence-electron chi connectivity index (χ2n) is 6.71. The molecule has 0 atom stereocenters. The van der Waals surface area contributed by atoms with Crippen LogP contribution in [0, 0.1) is 0 Å². The van der Waals surface area contributed by atoms with Crippen molar-refractivity contribution in [3.05, 3.63) is 78.6 Å². The van der Waals surface area contributed by atoms with Crippen molar-refractivity contribution in [2.24, 2.45) is 0 Å². The van der Waals surface area contributed by atoms with E-state index in [1.807, 2.05) is 65.1 Å². The van der Waals surface area contributed by atoms with Crippen molar-refractivity contribution < 1.29 is 4.79 Å². The molecule has 5 nitrogen and oxygen atoms in total. The number of carbonyl (C=O) groups is 1. The Bertz CT molecular complexity index is 903. The van der Waals surface area contributed by atoms with Gasteiger partial charge in [0.15, 0.2) is 0 Å². The first kappa shape index (κ1) is 18.5. The molecule has 144 valence electrons. The summed E-state index contributed by atoms with van der Waals surface area (Å²) in [4.78, 5) is 14.7. The van der Waals surface area contributed by atoms with Crippen molar-refractivity contribution >= 4 is 29.2 Å². The fraction of sp³-hybridized carbons (Fsp3) is 0.227. The SMILES string of the molecule is O=C(NCc1ccc(N2CCSCC2)cc1)Nc1cccc(-n2cccc2)c1. The molecule has 2 N–H and O–H groups in total. The van der Waals surface area contributed by atoms with Crippen LogP contribution in [0.1, 0.15) is 5.56 Å². The van der Waals surface area contributed by atoms with Crippen LogP contribution in [0.4, 0.5) is 16.2 Å². The Balaban J connectivity index is 1.30. The molecule has 0 bridgehead atoms. The predicted octanol–water partition coefficient (Wildman–Crippen LogP) is 4.35. The van der Waals surface area contributed by atoms with Gasteiger partial charge in [-0.3, -0.25) is 0 Å². The second-order valence-corrected chi connectivity index (χ2v) is 7.94. The van der Waals surface area contributed by atoms with Gasteiger partial charge in [-0.2, -0.15) is 11.8 Å². The maximum absolute atomic E-state index is 12.3. The Morgan fingerprint density at radius 2 is 1.68 bits per heavy atom. The van der Waals surface area contributed by atoms with Gasteiger partial charge in [0.05, 0.1) is 0 Å². The number of nitrogens with one attached hydrogen (secondary N) is 2. The van der Waals surface area contributed by atoms with Gasteiger partial charge in [-0.1, -0.05) is 18.2 Å². The number of anilines is 2. The van der Waals surface area contributed by atoms with E-state index in [1.165, 1.54) is 17.2 Å². The maximum Gasteiger partial charge on any atom is 0.319 e. The van der Waals surface area contributed by atoms with Crippen molar-refractivity contribution in [3.63, 3.8) is 0 Å². The van der Waals surface area contributed by atoms with Crippen molar-refractivity contribution in [1.82, 2.24) is 9.88 Å². The van der Waals surface area contributed by atoms with Gasteiger partial charge >= 0.3 is 6.03 Å². The molecule has 0 unspecified atom stereocenters. The van der Waals surface area contributed by atoms with Crippen LogP contribution in [0.2, 0.25) is 0 Å². The topological polar surface area (TPSA) is 49.3 Å². The largest absolute Gasteiger partial charge is 0.370 e. The molecule has 2 aromatic carbocycles. The Kier molecular flexibility index (Phi) is 5.87. The number of rotatable bonds is 5. The van der Waals surface area contributed by atoms with Gasteiger partial charge < -0.3 is 20.1 Å². The summed E-state index contributed by atoms with van der Waals surface area (Å²) < 4.78 is 2.01. The van der Waals surface area contributed by atoms with Crippen LogP contribution in [0.3, 0.4) is 0 Å². The third kappa shape index (κ3) is 4.70. The van der Waals surface area contributed by atoms with E-state index < -0.39 is 0 Å². The average molecular weight is 393 g/mol. The zero-order chi connectivity index (χ0) is 19.2. The van der Waals surface area contributed by atoms with Crippen LogP contribution >= 0.6 is 11.8 Å². The quantitative estimate of drug-likeness (QED) is 0.679. The fourth-order valence-electron chi connectivity index (χ4n) is 3.25. The van der Waals surface area contributed by atoms with Gasteiger partial charge in [-0.25, -0.2) is 4.79 Å². The highest BCUT2D eigenvalue weighted by atomic mass is 32.2. The number of amides is 2. The molecular weight excluding hydrogens is 368 g/mol. The Hall–Kier alpha value is -2.86. The zero-order valence-electron chi connectivity index (χ0n) is 15.7. The lowest BCUT2D eigenvalue weighted by Gasteiger charge is -2.28. The number of hydrogen-bond donors (Lipinski definition) is 2. The smallest absolute Gasteiger partial charge is 0.319 e. The van der Waals surface area contributed by atoms with E-state index >= 15 is 0 Å². The van der Waals surface area contributed by atoms with E-state index in [1.54, 1.807) is 0 Å². The molecule has 1 aromatic heterocycles. The van der Waals surface area contributed by atoms with E-state index in [4.69, 9.17) is 0 Å². The van der Waals surface area contributed by atoms with Crippen molar-refractivity contribution in [2.45, 2.75) is 6.54 Å². The molecule has 28 heavy (non-hydrogen) atoms. The van der Waals surface area contributed by atoms with Gasteiger partial charge in [-0.05, 0) is 48.0 Å². The molecule has 1 aliphatic rings. The number of thioether (sulfide) groups is 1. The molecular formula is C22H24N4OS. The summed E-state index contributed by atoms with van der Waals surface area (Å²) in [6.07, 6.45) is 3.96. The number of benzene rings is 2. The third-order valence-electron chi connectivity index (χ3n) is 4.77. The third-order valence-corrected chi connectivity index (χ3v) is 5.71. The Morgan fingerprint density at radius 3 is 2.43 bits per heavy atom. The van der Waals surface area contributed by atoms with Gasteiger partial charge in [0.1, 0.15) is 0 Å². The highest BCUT2D eigenvalue weighted by Gasteiger charge is 2.11. The maximum atomic E-state index is 12.3. The molecule has 2 heterocycles. The summed E-state index contributed by atoms with van der Waals surface area (Å²) in [5.41, 5.74) is 4.12. The average Bonchev–Trinajstić information content (AvgIpc) is 3.29. The molecule has 0 aliphatic carbocycles. The van der Waals surface area contributed by atoms with E-state index in [0.29, 0.717) is 6.54 Å². The first-order chi connectivity index (χ1) is 13.8. The summed E-state index contributed by atoms with van der Waals surface area (Å²) in [5, 5.41) is 5.83. The molecule has 6 heteroatoms. The summed E-state index contributed by atoms with van der Waals surface area (Å²) in [6, 6.07) is 20.0. The van der Waals surface area contributed by atoms with E-state index in [2.05, 4.69) is 39.8 Å². The van der Waals surface area contributed by atoms with Gasteiger partial charge in [0, 0.05) is 60.6 Å². The lowest BCUT2D eigenvalue weighted by Crippen LogP contribution is -2.32. The Labute approximate surface area is 169 Å². The summed E-state index contributed by atoms with van der Waals surface area (Å²) in [7, 11) is 0. The summed E-state index contributed by atoms with van der Waals surface area (Å²) in [6.45, 7) is 2.71. The van der Waals surface area contributed by atoms with E-state index in [0.717, 1.165) is 30.0 Å². The predicted molar refractivity (Wildman–Crippen MR) is 118 cm³/mol. The molecule has 1 aliphatic heterocycles. The molecule has 2 amide bonds. The summed E-state index contributed by atoms with van der Waals surface area (Å²) >= 11 is 2.01. The van der Waals surface area contributed by atoms with Crippen molar-refractivity contribution in [2.75, 3.05) is 34.8 Å². The van der Waals surface area contributed by atoms with Crippen LogP contribution in [0.25, 0.3) is 5.69 Å².